The van der Waals surface area contributed by atoms with Gasteiger partial charge in [-0.25, -0.2) is 17.9 Å². The van der Waals surface area contributed by atoms with Crippen LogP contribution in [-0.2, 0) is 32.6 Å². The summed E-state index contributed by atoms with van der Waals surface area (Å²) in [6.07, 6.45) is 0.643. The number of carbonyl (C=O) groups is 4. The lowest BCUT2D eigenvalue weighted by Gasteiger charge is -2.15. The number of aryl methyl sites for hydroxylation is 1. The third-order valence-electron chi connectivity index (χ3n) is 5.63. The Kier molecular flexibility index (Phi) is 9.93. The van der Waals surface area contributed by atoms with E-state index in [-0.39, 0.29) is 22.7 Å². The van der Waals surface area contributed by atoms with Crippen molar-refractivity contribution < 1.29 is 42.9 Å². The number of sulfonamides is 1. The fraction of sp³-hybridized carbons (Fsp3) is 0.231. The Bertz CT molecular complexity index is 1470. The highest BCUT2D eigenvalue weighted by Crippen LogP contribution is 2.22. The molecule has 0 radical (unpaired) electrons. The maximum Gasteiger partial charge on any atom is 0.339 e. The lowest BCUT2D eigenvalue weighted by molar-refractivity contribution is -0.139. The standard InChI is InChI=1S/C26H26N2O9S2/c29-21-11-10-18(13-19(21)26(34)35)39(36,37)27-15-17-9-12-23(38-17)25(33)28-20(14-24(31)32)22(30)8-4-7-16-5-2-1-3-6-16/h1-3,5-6,9-13,20,27,29H,4,7-8,14-15H2,(H,28,33)(H,31,32)(H,34,35)/t20-/m0/s1. The van der Waals surface area contributed by atoms with Crippen LogP contribution in [0.4, 0.5) is 0 Å². The topological polar surface area (TPSA) is 187 Å². The number of aromatic carboxylic acids is 1. The summed E-state index contributed by atoms with van der Waals surface area (Å²) in [5.74, 6) is -4.37. The molecule has 1 aromatic heterocycles. The number of ketones is 1. The zero-order valence-corrected chi connectivity index (χ0v) is 22.1. The summed E-state index contributed by atoms with van der Waals surface area (Å²) in [6, 6.07) is 14.0. The summed E-state index contributed by atoms with van der Waals surface area (Å²) in [5, 5.41) is 30.4. The molecule has 0 fully saturated rings. The van der Waals surface area contributed by atoms with Crippen molar-refractivity contribution in [3.05, 3.63) is 81.5 Å². The monoisotopic (exact) mass is 574 g/mol. The van der Waals surface area contributed by atoms with Gasteiger partial charge in [0, 0.05) is 17.8 Å². The Hall–Kier alpha value is -4.07. The number of carboxylic acids is 2. The van der Waals surface area contributed by atoms with Crippen LogP contribution in [-0.4, -0.2) is 53.4 Å². The van der Waals surface area contributed by atoms with Crippen LogP contribution in [0.1, 0.15) is 49.7 Å². The van der Waals surface area contributed by atoms with Crippen molar-refractivity contribution >= 4 is 45.0 Å². The van der Waals surface area contributed by atoms with Crippen molar-refractivity contribution in [2.75, 3.05) is 0 Å². The summed E-state index contributed by atoms with van der Waals surface area (Å²) in [4.78, 5) is 48.1. The maximum atomic E-state index is 12.7. The minimum Gasteiger partial charge on any atom is -0.507 e. The highest BCUT2D eigenvalue weighted by Gasteiger charge is 2.25. The van der Waals surface area contributed by atoms with Crippen molar-refractivity contribution in [3.8, 4) is 5.75 Å². The zero-order chi connectivity index (χ0) is 28.6. The lowest BCUT2D eigenvalue weighted by atomic mass is 10.0. The van der Waals surface area contributed by atoms with Gasteiger partial charge in [0.25, 0.3) is 5.91 Å². The van der Waals surface area contributed by atoms with E-state index in [1.165, 1.54) is 12.1 Å². The Morgan fingerprint density at radius 3 is 2.33 bits per heavy atom. The fourth-order valence-corrected chi connectivity index (χ4v) is 5.61. The molecular weight excluding hydrogens is 548 g/mol. The van der Waals surface area contributed by atoms with E-state index >= 15 is 0 Å². The third-order valence-corrected chi connectivity index (χ3v) is 8.12. The van der Waals surface area contributed by atoms with Crippen LogP contribution < -0.4 is 10.0 Å². The number of thiophene rings is 1. The second-order valence-electron chi connectivity index (χ2n) is 8.50. The van der Waals surface area contributed by atoms with Crippen LogP contribution >= 0.6 is 11.3 Å². The number of carbonyl (C=O) groups excluding carboxylic acids is 2. The van der Waals surface area contributed by atoms with Crippen molar-refractivity contribution in [1.82, 2.24) is 10.0 Å². The molecule has 0 unspecified atom stereocenters. The predicted molar refractivity (Wildman–Crippen MR) is 141 cm³/mol. The zero-order valence-electron chi connectivity index (χ0n) is 20.5. The van der Waals surface area contributed by atoms with Gasteiger partial charge >= 0.3 is 11.9 Å². The van der Waals surface area contributed by atoms with E-state index in [0.717, 1.165) is 35.1 Å². The molecule has 1 atom stereocenters. The molecule has 206 valence electrons. The van der Waals surface area contributed by atoms with Gasteiger partial charge < -0.3 is 20.6 Å². The van der Waals surface area contributed by atoms with Gasteiger partial charge in [-0.3, -0.25) is 14.4 Å². The predicted octanol–water partition coefficient (Wildman–Crippen LogP) is 2.80. The van der Waals surface area contributed by atoms with Crippen molar-refractivity contribution in [1.29, 1.82) is 0 Å². The first-order valence-electron chi connectivity index (χ1n) is 11.7. The molecule has 3 rings (SSSR count). The van der Waals surface area contributed by atoms with E-state index in [0.29, 0.717) is 17.7 Å². The maximum absolute atomic E-state index is 12.7. The van der Waals surface area contributed by atoms with Crippen molar-refractivity contribution in [3.63, 3.8) is 0 Å². The quantitative estimate of drug-likeness (QED) is 0.193. The van der Waals surface area contributed by atoms with Gasteiger partial charge in [-0.1, -0.05) is 30.3 Å². The highest BCUT2D eigenvalue weighted by atomic mass is 32.2. The molecule has 13 heteroatoms. The van der Waals surface area contributed by atoms with Crippen LogP contribution in [0.25, 0.3) is 0 Å². The molecule has 0 bridgehead atoms. The van der Waals surface area contributed by atoms with Crippen molar-refractivity contribution in [2.24, 2.45) is 0 Å². The van der Waals surface area contributed by atoms with E-state index in [1.807, 2.05) is 30.3 Å². The van der Waals surface area contributed by atoms with E-state index < -0.39 is 57.4 Å². The van der Waals surface area contributed by atoms with E-state index in [1.54, 1.807) is 0 Å². The Labute approximate surface area is 228 Å². The normalized spacial score (nSPS) is 12.0. The average molecular weight is 575 g/mol. The molecule has 0 aliphatic heterocycles. The number of rotatable bonds is 14. The number of carboxylic acid groups (broad SMARTS) is 2. The highest BCUT2D eigenvalue weighted by molar-refractivity contribution is 7.89. The number of hydrogen-bond acceptors (Lipinski definition) is 8. The molecule has 0 aliphatic carbocycles. The fourth-order valence-electron chi connectivity index (χ4n) is 3.63. The number of aromatic hydroxyl groups is 1. The van der Waals surface area contributed by atoms with Crippen LogP contribution in [0.2, 0.25) is 0 Å². The van der Waals surface area contributed by atoms with E-state index in [9.17, 15) is 37.8 Å². The van der Waals surface area contributed by atoms with Crippen LogP contribution in [0.5, 0.6) is 5.75 Å². The number of nitrogens with one attached hydrogen (secondary N) is 2. The van der Waals surface area contributed by atoms with Gasteiger partial charge in [0.1, 0.15) is 11.3 Å². The molecule has 1 amide bonds. The summed E-state index contributed by atoms with van der Waals surface area (Å²) < 4.78 is 27.5. The van der Waals surface area contributed by atoms with Gasteiger partial charge in [0.15, 0.2) is 5.78 Å². The molecule has 1 heterocycles. The minimum atomic E-state index is -4.14. The second-order valence-corrected chi connectivity index (χ2v) is 11.4. The van der Waals surface area contributed by atoms with E-state index in [4.69, 9.17) is 5.11 Å². The van der Waals surface area contributed by atoms with Gasteiger partial charge in [0.2, 0.25) is 10.0 Å². The summed E-state index contributed by atoms with van der Waals surface area (Å²) in [5.41, 5.74) is 0.470. The van der Waals surface area contributed by atoms with Gasteiger partial charge in [-0.05, 0) is 48.7 Å². The number of amides is 1. The second kappa shape index (κ2) is 13.1. The molecule has 2 aromatic carbocycles. The smallest absolute Gasteiger partial charge is 0.339 e. The van der Waals surface area contributed by atoms with Gasteiger partial charge in [-0.2, -0.15) is 0 Å². The van der Waals surface area contributed by atoms with E-state index in [2.05, 4.69) is 10.0 Å². The number of aliphatic carboxylic acids is 1. The van der Waals surface area contributed by atoms with Crippen LogP contribution in [0.3, 0.4) is 0 Å². The number of phenols is 1. The van der Waals surface area contributed by atoms with Gasteiger partial charge in [-0.15, -0.1) is 11.3 Å². The van der Waals surface area contributed by atoms with Crippen molar-refractivity contribution in [2.45, 2.75) is 43.2 Å². The summed E-state index contributed by atoms with van der Waals surface area (Å²) in [7, 11) is -4.14. The van der Waals surface area contributed by atoms with Crippen LogP contribution in [0, 0.1) is 0 Å². The Balaban J connectivity index is 1.60. The first-order chi connectivity index (χ1) is 18.5. The molecular formula is C26H26N2O9S2. The number of hydrogen-bond donors (Lipinski definition) is 5. The average Bonchev–Trinajstić information content (AvgIpc) is 3.37. The molecule has 3 aromatic rings. The first kappa shape index (κ1) is 29.5. The number of Topliss-reactive ketones (excluding diaryl/α,β-unsaturated/α-hetero) is 1. The first-order valence-corrected chi connectivity index (χ1v) is 14.0. The third kappa shape index (κ3) is 8.46. The SMILES string of the molecule is O=C(O)C[C@H](NC(=O)c1ccc(CNS(=O)(=O)c2ccc(O)c(C(=O)O)c2)s1)C(=O)CCCc1ccccc1. The van der Waals surface area contributed by atoms with Crippen LogP contribution in [0.15, 0.2) is 65.6 Å². The summed E-state index contributed by atoms with van der Waals surface area (Å²) >= 11 is 0.943. The molecule has 5 N–H and O–H groups in total. The Morgan fingerprint density at radius 2 is 1.67 bits per heavy atom. The van der Waals surface area contributed by atoms with Gasteiger partial charge in [0.05, 0.1) is 22.2 Å². The molecule has 0 aliphatic rings. The minimum absolute atomic E-state index is 0.0887. The molecule has 0 spiro atoms. The molecule has 39 heavy (non-hydrogen) atoms. The largest absolute Gasteiger partial charge is 0.507 e. The summed E-state index contributed by atoms with van der Waals surface area (Å²) in [6.45, 7) is -0.222. The molecule has 11 nitrogen and oxygen atoms in total. The lowest BCUT2D eigenvalue weighted by Crippen LogP contribution is -2.42. The molecule has 0 saturated carbocycles. The number of benzene rings is 2. The molecule has 0 saturated heterocycles. The Morgan fingerprint density at radius 1 is 0.949 bits per heavy atom.